The van der Waals surface area contributed by atoms with Gasteiger partial charge in [-0.2, -0.15) is 0 Å². The molecule has 0 atom stereocenters. The first kappa shape index (κ1) is 12.1. The molecule has 0 fully saturated rings. The molecule has 2 nitrogen and oxygen atoms in total. The van der Waals surface area contributed by atoms with Crippen LogP contribution in [0.25, 0.3) is 0 Å². The Morgan fingerprint density at radius 3 is 2.17 bits per heavy atom. The average molecular weight is 238 g/mol. The number of para-hydroxylation sites is 1. The van der Waals surface area contributed by atoms with Crippen molar-refractivity contribution < 1.29 is 9.53 Å². The van der Waals surface area contributed by atoms with Crippen LogP contribution in [0.2, 0.25) is 0 Å². The Kier molecular flexibility index (Phi) is 3.92. The van der Waals surface area contributed by atoms with Crippen molar-refractivity contribution >= 4 is 5.78 Å². The highest BCUT2D eigenvalue weighted by molar-refractivity contribution is 6.04. The molecule has 0 aromatic heterocycles. The van der Waals surface area contributed by atoms with E-state index in [4.69, 9.17) is 4.74 Å². The summed E-state index contributed by atoms with van der Waals surface area (Å²) in [5.41, 5.74) is 0.661. The van der Waals surface area contributed by atoms with Crippen molar-refractivity contribution in [3.05, 3.63) is 72.3 Å². The summed E-state index contributed by atoms with van der Waals surface area (Å²) >= 11 is 0. The standard InChI is InChI=1S/C16H14O2/c1-2-6-16(17)13-9-11-15(12-10-13)18-14-7-4-3-5-8-14/h2-12H,1H3/b6-2+. The molecule has 0 aliphatic rings. The number of rotatable bonds is 4. The van der Waals surface area contributed by atoms with Gasteiger partial charge in [0.15, 0.2) is 5.78 Å². The van der Waals surface area contributed by atoms with Gasteiger partial charge in [-0.25, -0.2) is 0 Å². The fourth-order valence-corrected chi connectivity index (χ4v) is 1.56. The Morgan fingerprint density at radius 1 is 0.944 bits per heavy atom. The van der Waals surface area contributed by atoms with Gasteiger partial charge in [0.2, 0.25) is 0 Å². The largest absolute Gasteiger partial charge is 0.457 e. The second kappa shape index (κ2) is 5.82. The van der Waals surface area contributed by atoms with Crippen LogP contribution in [0.4, 0.5) is 0 Å². The van der Waals surface area contributed by atoms with Gasteiger partial charge in [-0.1, -0.05) is 24.3 Å². The smallest absolute Gasteiger partial charge is 0.185 e. The number of carbonyl (C=O) groups excluding carboxylic acids is 1. The zero-order valence-electron chi connectivity index (χ0n) is 10.2. The van der Waals surface area contributed by atoms with Gasteiger partial charge in [-0.15, -0.1) is 0 Å². The van der Waals surface area contributed by atoms with E-state index in [0.717, 1.165) is 11.5 Å². The fourth-order valence-electron chi connectivity index (χ4n) is 1.56. The van der Waals surface area contributed by atoms with Crippen LogP contribution in [0.3, 0.4) is 0 Å². The lowest BCUT2D eigenvalue weighted by atomic mass is 10.1. The lowest BCUT2D eigenvalue weighted by molar-refractivity contribution is 0.104. The van der Waals surface area contributed by atoms with Crippen molar-refractivity contribution in [2.45, 2.75) is 6.92 Å². The third kappa shape index (κ3) is 3.08. The van der Waals surface area contributed by atoms with Crippen molar-refractivity contribution in [1.29, 1.82) is 0 Å². The minimum Gasteiger partial charge on any atom is -0.457 e. The third-order valence-electron chi connectivity index (χ3n) is 2.44. The number of allylic oxidation sites excluding steroid dienone is 2. The third-order valence-corrected chi connectivity index (χ3v) is 2.44. The molecule has 0 heterocycles. The normalized spacial score (nSPS) is 10.5. The van der Waals surface area contributed by atoms with Crippen LogP contribution >= 0.6 is 0 Å². The topological polar surface area (TPSA) is 26.3 Å². The minimum absolute atomic E-state index is 0.00348. The molecule has 2 aromatic carbocycles. The molecule has 90 valence electrons. The predicted molar refractivity (Wildman–Crippen MR) is 72.1 cm³/mol. The Balaban J connectivity index is 2.11. The van der Waals surface area contributed by atoms with E-state index in [1.807, 2.05) is 37.3 Å². The van der Waals surface area contributed by atoms with Crippen LogP contribution in [-0.4, -0.2) is 5.78 Å². The zero-order valence-corrected chi connectivity index (χ0v) is 10.2. The summed E-state index contributed by atoms with van der Waals surface area (Å²) in [7, 11) is 0. The van der Waals surface area contributed by atoms with Crippen LogP contribution < -0.4 is 4.74 Å². The van der Waals surface area contributed by atoms with Gasteiger partial charge in [0.25, 0.3) is 0 Å². The highest BCUT2D eigenvalue weighted by Gasteiger charge is 2.02. The van der Waals surface area contributed by atoms with Gasteiger partial charge < -0.3 is 4.74 Å². The van der Waals surface area contributed by atoms with Gasteiger partial charge in [0.05, 0.1) is 0 Å². The molecular formula is C16H14O2. The molecule has 2 aromatic rings. The Hall–Kier alpha value is -2.35. The SMILES string of the molecule is C/C=C/C(=O)c1ccc(Oc2ccccc2)cc1. The van der Waals surface area contributed by atoms with Gasteiger partial charge in [0, 0.05) is 5.56 Å². The molecule has 2 rings (SSSR count). The molecule has 0 bridgehead atoms. The fraction of sp³-hybridized carbons (Fsp3) is 0.0625. The number of hydrogen-bond donors (Lipinski definition) is 0. The second-order valence-electron chi connectivity index (χ2n) is 3.80. The summed E-state index contributed by atoms with van der Waals surface area (Å²) < 4.78 is 5.64. The maximum atomic E-state index is 11.6. The van der Waals surface area contributed by atoms with Crippen molar-refractivity contribution in [2.75, 3.05) is 0 Å². The van der Waals surface area contributed by atoms with Crippen LogP contribution in [0.5, 0.6) is 11.5 Å². The molecule has 0 radical (unpaired) electrons. The summed E-state index contributed by atoms with van der Waals surface area (Å²) in [6.45, 7) is 1.82. The number of ketones is 1. The maximum absolute atomic E-state index is 11.6. The van der Waals surface area contributed by atoms with E-state index in [1.165, 1.54) is 0 Å². The molecule has 0 unspecified atom stereocenters. The monoisotopic (exact) mass is 238 g/mol. The highest BCUT2D eigenvalue weighted by Crippen LogP contribution is 2.21. The lowest BCUT2D eigenvalue weighted by Crippen LogP contribution is -1.93. The Labute approximate surface area is 107 Å². The zero-order chi connectivity index (χ0) is 12.8. The maximum Gasteiger partial charge on any atom is 0.185 e. The summed E-state index contributed by atoms with van der Waals surface area (Å²) in [4.78, 5) is 11.6. The Morgan fingerprint density at radius 2 is 1.56 bits per heavy atom. The number of carbonyl (C=O) groups is 1. The van der Waals surface area contributed by atoms with E-state index in [9.17, 15) is 4.79 Å². The number of benzene rings is 2. The van der Waals surface area contributed by atoms with Crippen LogP contribution in [0.15, 0.2) is 66.7 Å². The molecular weight excluding hydrogens is 224 g/mol. The first-order valence-corrected chi connectivity index (χ1v) is 5.79. The molecule has 0 saturated heterocycles. The second-order valence-corrected chi connectivity index (χ2v) is 3.80. The summed E-state index contributed by atoms with van der Waals surface area (Å²) in [5, 5.41) is 0. The number of ether oxygens (including phenoxy) is 1. The van der Waals surface area contributed by atoms with Gasteiger partial charge in [-0.05, 0) is 49.4 Å². The lowest BCUT2D eigenvalue weighted by Gasteiger charge is -2.05. The van der Waals surface area contributed by atoms with E-state index >= 15 is 0 Å². The van der Waals surface area contributed by atoms with Gasteiger partial charge >= 0.3 is 0 Å². The number of hydrogen-bond acceptors (Lipinski definition) is 2. The van der Waals surface area contributed by atoms with E-state index in [0.29, 0.717) is 5.56 Å². The molecule has 2 heteroatoms. The van der Waals surface area contributed by atoms with E-state index in [2.05, 4.69) is 0 Å². The van der Waals surface area contributed by atoms with Crippen LogP contribution in [-0.2, 0) is 0 Å². The van der Waals surface area contributed by atoms with E-state index in [1.54, 1.807) is 36.4 Å². The molecule has 0 N–H and O–H groups in total. The van der Waals surface area contributed by atoms with E-state index in [-0.39, 0.29) is 5.78 Å². The molecule has 0 aliphatic carbocycles. The summed E-state index contributed by atoms with van der Waals surface area (Å²) in [6.07, 6.45) is 3.28. The van der Waals surface area contributed by atoms with Crippen molar-refractivity contribution in [3.8, 4) is 11.5 Å². The summed E-state index contributed by atoms with van der Waals surface area (Å²) in [6, 6.07) is 16.7. The van der Waals surface area contributed by atoms with Crippen LogP contribution in [0, 0.1) is 0 Å². The van der Waals surface area contributed by atoms with Crippen molar-refractivity contribution in [2.24, 2.45) is 0 Å². The minimum atomic E-state index is 0.00348. The first-order chi connectivity index (χ1) is 8.79. The Bertz CT molecular complexity index is 539. The highest BCUT2D eigenvalue weighted by atomic mass is 16.5. The molecule has 0 amide bonds. The molecule has 0 saturated carbocycles. The van der Waals surface area contributed by atoms with Crippen molar-refractivity contribution in [3.63, 3.8) is 0 Å². The van der Waals surface area contributed by atoms with Crippen LogP contribution in [0.1, 0.15) is 17.3 Å². The average Bonchev–Trinajstić information content (AvgIpc) is 2.41. The van der Waals surface area contributed by atoms with Crippen molar-refractivity contribution in [1.82, 2.24) is 0 Å². The molecule has 0 spiro atoms. The first-order valence-electron chi connectivity index (χ1n) is 5.79. The predicted octanol–water partition coefficient (Wildman–Crippen LogP) is 4.24. The van der Waals surface area contributed by atoms with Gasteiger partial charge in [0.1, 0.15) is 11.5 Å². The molecule has 0 aliphatic heterocycles. The quantitative estimate of drug-likeness (QED) is 0.588. The molecule has 18 heavy (non-hydrogen) atoms. The summed E-state index contributed by atoms with van der Waals surface area (Å²) in [5.74, 6) is 1.51. The van der Waals surface area contributed by atoms with Gasteiger partial charge in [-0.3, -0.25) is 4.79 Å². The van der Waals surface area contributed by atoms with E-state index < -0.39 is 0 Å².